The maximum atomic E-state index is 11.7. The molecular weight excluding hydrogens is 368 g/mol. The minimum Gasteiger partial charge on any atom is -0.376 e. The minimum atomic E-state index is -3.16. The molecule has 2 N–H and O–H groups in total. The van der Waals surface area contributed by atoms with Crippen molar-refractivity contribution in [3.05, 3.63) is 29.8 Å². The molecule has 0 bridgehead atoms. The summed E-state index contributed by atoms with van der Waals surface area (Å²) in [7, 11) is -3.16. The standard InChI is InChI=1S/C19H28N2O3S2/c1-26(22,23)16-6-4-13(5-7-16)18-19-14(8-9-24-19)11-17(21-18)20-12-15-3-2-10-25-15/h4-7,14-15,17-21H,2-3,8-12H2,1H3. The normalized spacial score (nSPS) is 34.7. The Hall–Kier alpha value is -0.600. The van der Waals surface area contributed by atoms with Crippen molar-refractivity contribution in [3.8, 4) is 0 Å². The molecule has 5 nitrogen and oxygen atoms in total. The van der Waals surface area contributed by atoms with Gasteiger partial charge in [0.15, 0.2) is 9.84 Å². The molecule has 0 spiro atoms. The van der Waals surface area contributed by atoms with Crippen molar-refractivity contribution in [3.63, 3.8) is 0 Å². The van der Waals surface area contributed by atoms with Crippen LogP contribution in [0.4, 0.5) is 0 Å². The fraction of sp³-hybridized carbons (Fsp3) is 0.684. The Balaban J connectivity index is 1.47. The average Bonchev–Trinajstić information content (AvgIpc) is 3.30. The van der Waals surface area contributed by atoms with Crippen LogP contribution in [0.25, 0.3) is 0 Å². The van der Waals surface area contributed by atoms with Gasteiger partial charge < -0.3 is 10.1 Å². The zero-order valence-electron chi connectivity index (χ0n) is 15.2. The summed E-state index contributed by atoms with van der Waals surface area (Å²) in [6.07, 6.45) is 6.58. The number of rotatable bonds is 5. The van der Waals surface area contributed by atoms with E-state index < -0.39 is 9.84 Å². The third kappa shape index (κ3) is 4.12. The molecule has 5 atom stereocenters. The molecule has 0 aliphatic carbocycles. The molecule has 3 heterocycles. The van der Waals surface area contributed by atoms with Crippen molar-refractivity contribution in [1.29, 1.82) is 0 Å². The Morgan fingerprint density at radius 1 is 1.27 bits per heavy atom. The molecule has 0 saturated carbocycles. The maximum Gasteiger partial charge on any atom is 0.175 e. The summed E-state index contributed by atoms with van der Waals surface area (Å²) >= 11 is 2.08. The predicted molar refractivity (Wildman–Crippen MR) is 105 cm³/mol. The molecular formula is C19H28N2O3S2. The molecule has 144 valence electrons. The van der Waals surface area contributed by atoms with Gasteiger partial charge in [-0.2, -0.15) is 11.8 Å². The number of ether oxygens (including phenoxy) is 1. The van der Waals surface area contributed by atoms with E-state index in [1.807, 2.05) is 12.1 Å². The van der Waals surface area contributed by atoms with Crippen LogP contribution in [-0.2, 0) is 14.6 Å². The topological polar surface area (TPSA) is 67.4 Å². The monoisotopic (exact) mass is 396 g/mol. The smallest absolute Gasteiger partial charge is 0.175 e. The van der Waals surface area contributed by atoms with E-state index >= 15 is 0 Å². The van der Waals surface area contributed by atoms with Gasteiger partial charge in [0, 0.05) is 24.7 Å². The molecule has 0 amide bonds. The third-order valence-corrected chi connectivity index (χ3v) is 8.32. The molecule has 26 heavy (non-hydrogen) atoms. The lowest BCUT2D eigenvalue weighted by atomic mass is 9.84. The second kappa shape index (κ2) is 7.80. The Labute approximate surface area is 160 Å². The third-order valence-electron chi connectivity index (χ3n) is 5.79. The molecule has 7 heteroatoms. The highest BCUT2D eigenvalue weighted by Crippen LogP contribution is 2.38. The van der Waals surface area contributed by atoms with Gasteiger partial charge in [0.25, 0.3) is 0 Å². The quantitative estimate of drug-likeness (QED) is 0.796. The molecule has 3 aliphatic rings. The van der Waals surface area contributed by atoms with Crippen molar-refractivity contribution in [2.75, 3.05) is 25.2 Å². The van der Waals surface area contributed by atoms with Crippen molar-refractivity contribution >= 4 is 21.6 Å². The van der Waals surface area contributed by atoms with Crippen LogP contribution in [0, 0.1) is 5.92 Å². The molecule has 0 aromatic heterocycles. The van der Waals surface area contributed by atoms with Crippen LogP contribution < -0.4 is 10.6 Å². The molecule has 1 aromatic carbocycles. The van der Waals surface area contributed by atoms with Crippen LogP contribution in [0.3, 0.4) is 0 Å². The Morgan fingerprint density at radius 2 is 2.08 bits per heavy atom. The molecule has 1 aromatic rings. The highest BCUT2D eigenvalue weighted by Gasteiger charge is 2.42. The molecule has 3 saturated heterocycles. The number of hydrogen-bond acceptors (Lipinski definition) is 6. The van der Waals surface area contributed by atoms with E-state index in [9.17, 15) is 8.42 Å². The summed E-state index contributed by atoms with van der Waals surface area (Å²) in [5.41, 5.74) is 1.11. The number of piperidine rings is 1. The van der Waals surface area contributed by atoms with Crippen LogP contribution in [0.15, 0.2) is 29.2 Å². The van der Waals surface area contributed by atoms with Gasteiger partial charge in [-0.25, -0.2) is 8.42 Å². The average molecular weight is 397 g/mol. The largest absolute Gasteiger partial charge is 0.376 e. The first-order chi connectivity index (χ1) is 12.5. The van der Waals surface area contributed by atoms with Crippen LogP contribution >= 0.6 is 11.8 Å². The SMILES string of the molecule is CS(=O)(=O)c1ccc(C2NC(NCC3CCCS3)CC3CCOC32)cc1. The number of benzene rings is 1. The molecule has 3 fully saturated rings. The van der Waals surface area contributed by atoms with Gasteiger partial charge in [0.05, 0.1) is 23.2 Å². The lowest BCUT2D eigenvalue weighted by Crippen LogP contribution is -2.55. The molecule has 5 unspecified atom stereocenters. The number of fused-ring (bicyclic) bond motifs is 1. The van der Waals surface area contributed by atoms with E-state index in [0.29, 0.717) is 17.0 Å². The lowest BCUT2D eigenvalue weighted by molar-refractivity contribution is 0.0236. The maximum absolute atomic E-state index is 11.7. The summed E-state index contributed by atoms with van der Waals surface area (Å²) in [6, 6.07) is 7.40. The van der Waals surface area contributed by atoms with Crippen molar-refractivity contribution in [1.82, 2.24) is 10.6 Å². The molecule has 0 radical (unpaired) electrons. The number of nitrogens with one attached hydrogen (secondary N) is 2. The summed E-state index contributed by atoms with van der Waals surface area (Å²) < 4.78 is 29.5. The van der Waals surface area contributed by atoms with E-state index in [0.717, 1.165) is 36.8 Å². The van der Waals surface area contributed by atoms with Crippen LogP contribution in [0.1, 0.15) is 37.3 Å². The molecule has 3 aliphatic heterocycles. The second-order valence-corrected chi connectivity index (χ2v) is 11.1. The first kappa shape index (κ1) is 18.7. The second-order valence-electron chi connectivity index (χ2n) is 7.70. The number of thioether (sulfide) groups is 1. The van der Waals surface area contributed by atoms with E-state index in [1.54, 1.807) is 12.1 Å². The lowest BCUT2D eigenvalue weighted by Gasteiger charge is -2.40. The van der Waals surface area contributed by atoms with Gasteiger partial charge in [-0.1, -0.05) is 12.1 Å². The summed E-state index contributed by atoms with van der Waals surface area (Å²) in [5.74, 6) is 1.85. The van der Waals surface area contributed by atoms with Gasteiger partial charge in [-0.15, -0.1) is 0 Å². The number of hydrogen-bond donors (Lipinski definition) is 2. The minimum absolute atomic E-state index is 0.110. The fourth-order valence-electron chi connectivity index (χ4n) is 4.39. The molecule has 4 rings (SSSR count). The van der Waals surface area contributed by atoms with Gasteiger partial charge in [0.2, 0.25) is 0 Å². The van der Waals surface area contributed by atoms with E-state index in [4.69, 9.17) is 4.74 Å². The van der Waals surface area contributed by atoms with Gasteiger partial charge in [-0.05, 0) is 55.1 Å². The van der Waals surface area contributed by atoms with Crippen molar-refractivity contribution in [2.45, 2.75) is 54.1 Å². The first-order valence-corrected chi connectivity index (χ1v) is 12.5. The van der Waals surface area contributed by atoms with Crippen LogP contribution in [0.5, 0.6) is 0 Å². The van der Waals surface area contributed by atoms with Gasteiger partial charge in [0.1, 0.15) is 0 Å². The highest BCUT2D eigenvalue weighted by molar-refractivity contribution is 8.00. The fourth-order valence-corrected chi connectivity index (χ4v) is 6.23. The summed E-state index contributed by atoms with van der Waals surface area (Å²) in [4.78, 5) is 0.369. The summed E-state index contributed by atoms with van der Waals surface area (Å²) in [5, 5.41) is 8.19. The zero-order chi connectivity index (χ0) is 18.1. The Morgan fingerprint density at radius 3 is 2.77 bits per heavy atom. The Bertz CT molecular complexity index is 717. The van der Waals surface area contributed by atoms with Crippen LogP contribution in [0.2, 0.25) is 0 Å². The first-order valence-electron chi connectivity index (χ1n) is 9.53. The van der Waals surface area contributed by atoms with Crippen molar-refractivity contribution in [2.24, 2.45) is 5.92 Å². The zero-order valence-corrected chi connectivity index (χ0v) is 16.8. The summed E-state index contributed by atoms with van der Waals surface area (Å²) in [6.45, 7) is 1.88. The van der Waals surface area contributed by atoms with Gasteiger partial charge in [-0.3, -0.25) is 5.32 Å². The number of sulfone groups is 1. The van der Waals surface area contributed by atoms with E-state index in [1.165, 1.54) is 24.9 Å². The van der Waals surface area contributed by atoms with E-state index in [-0.39, 0.29) is 12.1 Å². The predicted octanol–water partition coefficient (Wildman–Crippen LogP) is 2.34. The van der Waals surface area contributed by atoms with Gasteiger partial charge >= 0.3 is 0 Å². The van der Waals surface area contributed by atoms with E-state index in [2.05, 4.69) is 22.4 Å². The van der Waals surface area contributed by atoms with Crippen molar-refractivity contribution < 1.29 is 13.2 Å². The Kier molecular flexibility index (Phi) is 5.62. The highest BCUT2D eigenvalue weighted by atomic mass is 32.2. The van der Waals surface area contributed by atoms with Crippen LogP contribution in [-0.4, -0.2) is 51.1 Å².